The first kappa shape index (κ1) is 16.4. The van der Waals surface area contributed by atoms with Crippen LogP contribution in [0.2, 0.25) is 0 Å². The van der Waals surface area contributed by atoms with E-state index in [2.05, 4.69) is 14.8 Å². The minimum absolute atomic E-state index is 0.128. The molecule has 2 heterocycles. The lowest BCUT2D eigenvalue weighted by atomic mass is 10.2. The topological polar surface area (TPSA) is 113 Å². The first-order valence-corrected chi connectivity index (χ1v) is 6.78. The molecule has 0 atom stereocenters. The van der Waals surface area contributed by atoms with Gasteiger partial charge in [-0.05, 0) is 12.1 Å². The summed E-state index contributed by atoms with van der Waals surface area (Å²) in [5.41, 5.74) is -0.827. The Balaban J connectivity index is 1.73. The fourth-order valence-corrected chi connectivity index (χ4v) is 2.13. The number of ether oxygens (including phenoxy) is 2. The van der Waals surface area contributed by atoms with E-state index in [1.54, 1.807) is 0 Å². The monoisotopic (exact) mass is 353 g/mol. The molecule has 0 radical (unpaired) electrons. The molecule has 1 aliphatic rings. The average Bonchev–Trinajstić information content (AvgIpc) is 2.82. The fourth-order valence-electron chi connectivity index (χ4n) is 2.13. The molecule has 1 aromatic carbocycles. The van der Waals surface area contributed by atoms with Gasteiger partial charge in [0, 0.05) is 23.9 Å². The minimum Gasteiger partial charge on any atom is -0.395 e. The first-order chi connectivity index (χ1) is 11.7. The number of hydrogen-bond acceptors (Lipinski definition) is 6. The highest BCUT2D eigenvalue weighted by molar-refractivity contribution is 5.91. The summed E-state index contributed by atoms with van der Waals surface area (Å²) < 4.78 is 35.2. The van der Waals surface area contributed by atoms with E-state index < -0.39 is 29.2 Å². The Morgan fingerprint density at radius 1 is 1.24 bits per heavy atom. The van der Waals surface area contributed by atoms with Crippen molar-refractivity contribution in [1.29, 1.82) is 0 Å². The number of rotatable bonds is 4. The molecule has 11 heteroatoms. The molecule has 130 valence electrons. The highest BCUT2D eigenvalue weighted by Gasteiger charge is 2.43. The Hall–Kier alpha value is -3.50. The summed E-state index contributed by atoms with van der Waals surface area (Å²) in [5.74, 6) is -1.12. The van der Waals surface area contributed by atoms with Gasteiger partial charge in [-0.15, -0.1) is 8.78 Å². The van der Waals surface area contributed by atoms with Gasteiger partial charge in [0.1, 0.15) is 6.54 Å². The molecular formula is C14H9F2N3O6. The van der Waals surface area contributed by atoms with Crippen molar-refractivity contribution < 1.29 is 28.0 Å². The third-order valence-electron chi connectivity index (χ3n) is 3.18. The van der Waals surface area contributed by atoms with Crippen LogP contribution < -0.4 is 20.3 Å². The van der Waals surface area contributed by atoms with Crippen LogP contribution in [-0.2, 0) is 11.3 Å². The predicted molar refractivity (Wildman–Crippen MR) is 78.6 cm³/mol. The molecule has 1 aromatic heterocycles. The summed E-state index contributed by atoms with van der Waals surface area (Å²) in [6.07, 6.45) is -2.84. The van der Waals surface area contributed by atoms with E-state index in [4.69, 9.17) is 0 Å². The Morgan fingerprint density at radius 2 is 1.96 bits per heavy atom. The molecular weight excluding hydrogens is 344 g/mol. The van der Waals surface area contributed by atoms with Crippen molar-refractivity contribution in [3.63, 3.8) is 0 Å². The van der Waals surface area contributed by atoms with Gasteiger partial charge >= 0.3 is 6.29 Å². The van der Waals surface area contributed by atoms with Crippen molar-refractivity contribution in [3.05, 3.63) is 57.0 Å². The summed E-state index contributed by atoms with van der Waals surface area (Å²) in [7, 11) is 0. The predicted octanol–water partition coefficient (Wildman–Crippen LogP) is 1.72. The first-order valence-electron chi connectivity index (χ1n) is 6.78. The number of amides is 1. The molecule has 0 bridgehead atoms. The van der Waals surface area contributed by atoms with Crippen molar-refractivity contribution in [2.45, 2.75) is 12.8 Å². The van der Waals surface area contributed by atoms with Gasteiger partial charge < -0.3 is 14.8 Å². The number of benzene rings is 1. The summed E-state index contributed by atoms with van der Waals surface area (Å²) in [6.45, 7) is -0.495. The van der Waals surface area contributed by atoms with Crippen LogP contribution in [0.4, 0.5) is 20.2 Å². The van der Waals surface area contributed by atoms with Gasteiger partial charge in [0.05, 0.1) is 11.1 Å². The van der Waals surface area contributed by atoms with E-state index >= 15 is 0 Å². The molecule has 0 fully saturated rings. The third-order valence-corrected chi connectivity index (χ3v) is 3.18. The zero-order valence-corrected chi connectivity index (χ0v) is 12.3. The molecule has 1 N–H and O–H groups in total. The summed E-state index contributed by atoms with van der Waals surface area (Å²) in [6, 6.07) is 5.61. The number of nitrogens with zero attached hydrogens (tertiary/aromatic N) is 2. The molecule has 0 aliphatic carbocycles. The quantitative estimate of drug-likeness (QED) is 0.661. The normalized spacial score (nSPS) is 14.2. The summed E-state index contributed by atoms with van der Waals surface area (Å²) in [4.78, 5) is 33.6. The number of hydrogen-bond donors (Lipinski definition) is 1. The zero-order valence-electron chi connectivity index (χ0n) is 12.3. The minimum atomic E-state index is -3.78. The van der Waals surface area contributed by atoms with E-state index in [-0.39, 0.29) is 22.9 Å². The number of nitrogens with one attached hydrogen (secondary N) is 1. The second kappa shape index (κ2) is 5.85. The number of halogens is 2. The van der Waals surface area contributed by atoms with E-state index in [1.807, 2.05) is 0 Å². The van der Waals surface area contributed by atoms with Gasteiger partial charge in [0.15, 0.2) is 11.5 Å². The standard InChI is InChI=1S/C14H9F2N3O6/c15-14(16)24-10-3-1-8(5-11(10)25-14)17-12(20)7-18-6-9(19(22)23)2-4-13(18)21/h1-6H,7H2,(H,17,20). The maximum absolute atomic E-state index is 12.9. The zero-order chi connectivity index (χ0) is 18.2. The van der Waals surface area contributed by atoms with Crippen LogP contribution in [0.3, 0.4) is 0 Å². The molecule has 1 amide bonds. The lowest BCUT2D eigenvalue weighted by Gasteiger charge is -2.07. The smallest absolute Gasteiger partial charge is 0.395 e. The largest absolute Gasteiger partial charge is 0.586 e. The number of carbonyl (C=O) groups is 1. The van der Waals surface area contributed by atoms with Crippen molar-refractivity contribution in [2.75, 3.05) is 5.32 Å². The van der Waals surface area contributed by atoms with Gasteiger partial charge in [-0.2, -0.15) is 0 Å². The Bertz CT molecular complexity index is 927. The maximum atomic E-state index is 12.9. The second-order valence-corrected chi connectivity index (χ2v) is 4.99. The van der Waals surface area contributed by atoms with Gasteiger partial charge in [-0.25, -0.2) is 0 Å². The number of pyridine rings is 1. The number of carbonyl (C=O) groups excluding carboxylic acids is 1. The highest BCUT2D eigenvalue weighted by Crippen LogP contribution is 2.42. The number of aromatic nitrogens is 1. The molecule has 25 heavy (non-hydrogen) atoms. The van der Waals surface area contributed by atoms with Crippen molar-refractivity contribution in [3.8, 4) is 11.5 Å². The summed E-state index contributed by atoms with van der Waals surface area (Å²) >= 11 is 0. The van der Waals surface area contributed by atoms with Gasteiger partial charge in [-0.1, -0.05) is 0 Å². The van der Waals surface area contributed by atoms with Gasteiger partial charge in [-0.3, -0.25) is 24.3 Å². The lowest BCUT2D eigenvalue weighted by molar-refractivity contribution is -0.385. The van der Waals surface area contributed by atoms with Crippen LogP contribution in [0, 0.1) is 10.1 Å². The van der Waals surface area contributed by atoms with Crippen LogP contribution >= 0.6 is 0 Å². The maximum Gasteiger partial charge on any atom is 0.586 e. The number of alkyl halides is 2. The van der Waals surface area contributed by atoms with Crippen LogP contribution in [-0.4, -0.2) is 21.7 Å². The lowest BCUT2D eigenvalue weighted by Crippen LogP contribution is -2.27. The third kappa shape index (κ3) is 3.54. The molecule has 1 aliphatic heterocycles. The molecule has 2 aromatic rings. The molecule has 3 rings (SSSR count). The van der Waals surface area contributed by atoms with Crippen LogP contribution in [0.25, 0.3) is 0 Å². The van der Waals surface area contributed by atoms with Gasteiger partial charge in [0.2, 0.25) is 5.91 Å². The van der Waals surface area contributed by atoms with E-state index in [0.717, 1.165) is 29.0 Å². The van der Waals surface area contributed by atoms with Crippen molar-refractivity contribution in [1.82, 2.24) is 4.57 Å². The van der Waals surface area contributed by atoms with Crippen molar-refractivity contribution >= 4 is 17.3 Å². The number of anilines is 1. The Kier molecular flexibility index (Phi) is 3.83. The molecule has 0 saturated heterocycles. The van der Waals surface area contributed by atoms with E-state index in [0.29, 0.717) is 0 Å². The number of nitro groups is 1. The molecule has 0 saturated carbocycles. The SMILES string of the molecule is O=C(Cn1cc([N+](=O)[O-])ccc1=O)Nc1ccc2c(c1)OC(F)(F)O2. The number of fused-ring (bicyclic) bond motifs is 1. The Morgan fingerprint density at radius 3 is 2.68 bits per heavy atom. The van der Waals surface area contributed by atoms with Crippen LogP contribution in [0.1, 0.15) is 0 Å². The van der Waals surface area contributed by atoms with Crippen LogP contribution in [0.5, 0.6) is 11.5 Å². The molecule has 0 spiro atoms. The van der Waals surface area contributed by atoms with Gasteiger partial charge in [0.25, 0.3) is 11.2 Å². The van der Waals surface area contributed by atoms with E-state index in [1.165, 1.54) is 12.1 Å². The molecule has 0 unspecified atom stereocenters. The molecule has 9 nitrogen and oxygen atoms in total. The highest BCUT2D eigenvalue weighted by atomic mass is 19.3. The second-order valence-electron chi connectivity index (χ2n) is 4.99. The fraction of sp³-hybridized carbons (Fsp3) is 0.143. The van der Waals surface area contributed by atoms with E-state index in [9.17, 15) is 28.5 Å². The van der Waals surface area contributed by atoms with Crippen molar-refractivity contribution in [2.24, 2.45) is 0 Å². The van der Waals surface area contributed by atoms with Crippen LogP contribution in [0.15, 0.2) is 41.3 Å². The average molecular weight is 353 g/mol. The summed E-state index contributed by atoms with van der Waals surface area (Å²) in [5, 5.41) is 13.1. The Labute approximate surface area is 137 Å².